The minimum absolute atomic E-state index is 0.0362. The lowest BCUT2D eigenvalue weighted by Gasteiger charge is -2.40. The Hall–Kier alpha value is -3.58. The van der Waals surface area contributed by atoms with Crippen LogP contribution in [-0.2, 0) is 14.3 Å². The molecule has 4 atom stereocenters. The first kappa shape index (κ1) is 34.3. The highest BCUT2D eigenvalue weighted by molar-refractivity contribution is 6.31. The van der Waals surface area contributed by atoms with E-state index in [1.54, 1.807) is 36.3 Å². The first-order valence-electron chi connectivity index (χ1n) is 15.0. The molecule has 1 aliphatic rings. The third kappa shape index (κ3) is 7.81. The van der Waals surface area contributed by atoms with E-state index in [-0.39, 0.29) is 35.2 Å². The van der Waals surface area contributed by atoms with Gasteiger partial charge in [0.1, 0.15) is 30.5 Å². The number of aromatic nitrogens is 2. The van der Waals surface area contributed by atoms with Gasteiger partial charge >= 0.3 is 0 Å². The van der Waals surface area contributed by atoms with Gasteiger partial charge in [-0.05, 0) is 50.4 Å². The molecule has 4 rings (SSSR count). The summed E-state index contributed by atoms with van der Waals surface area (Å²) in [5.74, 6) is -0.972. The van der Waals surface area contributed by atoms with Gasteiger partial charge in [-0.15, -0.1) is 0 Å². The van der Waals surface area contributed by atoms with Crippen LogP contribution in [0.5, 0.6) is 5.75 Å². The Labute approximate surface area is 268 Å². The number of nitrogens with one attached hydrogen (secondary N) is 3. The summed E-state index contributed by atoms with van der Waals surface area (Å²) in [6.07, 6.45) is 2.53. The molecule has 1 unspecified atom stereocenters. The number of halogens is 2. The Morgan fingerprint density at radius 3 is 2.64 bits per heavy atom. The van der Waals surface area contributed by atoms with Crippen LogP contribution in [0.4, 0.5) is 21.6 Å². The molecule has 3 aromatic rings. The fraction of sp³-hybridized carbons (Fsp3) is 0.500. The molecule has 11 nitrogen and oxygen atoms in total. The third-order valence-corrected chi connectivity index (χ3v) is 8.49. The zero-order valence-corrected chi connectivity index (χ0v) is 27.4. The number of nitrogens with zero attached hydrogens (tertiary/aromatic N) is 3. The van der Waals surface area contributed by atoms with Gasteiger partial charge in [0, 0.05) is 37.2 Å². The van der Waals surface area contributed by atoms with Crippen LogP contribution in [-0.4, -0.2) is 78.7 Å². The van der Waals surface area contributed by atoms with Crippen molar-refractivity contribution >= 4 is 51.5 Å². The zero-order valence-electron chi connectivity index (χ0n) is 26.6. The van der Waals surface area contributed by atoms with E-state index in [4.69, 9.17) is 26.8 Å². The van der Waals surface area contributed by atoms with Crippen molar-refractivity contribution in [2.24, 2.45) is 17.1 Å². The van der Waals surface area contributed by atoms with Crippen molar-refractivity contribution in [3.05, 3.63) is 47.5 Å². The Balaban J connectivity index is 1.67. The van der Waals surface area contributed by atoms with E-state index in [0.717, 1.165) is 0 Å². The average Bonchev–Trinajstić information content (AvgIpc) is 3.49. The van der Waals surface area contributed by atoms with Crippen LogP contribution in [0, 0.1) is 17.2 Å². The van der Waals surface area contributed by atoms with Gasteiger partial charge in [0.2, 0.25) is 11.8 Å². The summed E-state index contributed by atoms with van der Waals surface area (Å²) in [5, 5.41) is 9.60. The summed E-state index contributed by atoms with van der Waals surface area (Å²) in [6.45, 7) is 8.91. The molecule has 1 fully saturated rings. The largest absolute Gasteiger partial charge is 0.489 e. The maximum absolute atomic E-state index is 14.7. The van der Waals surface area contributed by atoms with E-state index >= 15 is 0 Å². The summed E-state index contributed by atoms with van der Waals surface area (Å²) in [4.78, 5) is 38.3. The Morgan fingerprint density at radius 1 is 1.20 bits per heavy atom. The number of carbonyl (C=O) groups is 2. The van der Waals surface area contributed by atoms with Crippen LogP contribution in [0.3, 0.4) is 0 Å². The molecule has 0 spiro atoms. The molecule has 0 radical (unpaired) electrons. The minimum Gasteiger partial charge on any atom is -0.489 e. The Bertz CT molecular complexity index is 1520. The molecule has 0 saturated carbocycles. The van der Waals surface area contributed by atoms with E-state index in [1.165, 1.54) is 12.4 Å². The van der Waals surface area contributed by atoms with Gasteiger partial charge in [0.05, 0.1) is 34.4 Å². The number of fused-ring (bicyclic) bond motifs is 1. The quantitative estimate of drug-likeness (QED) is 0.206. The van der Waals surface area contributed by atoms with Crippen LogP contribution in [0.15, 0.2) is 36.7 Å². The summed E-state index contributed by atoms with van der Waals surface area (Å²) < 4.78 is 25.8. The van der Waals surface area contributed by atoms with Crippen LogP contribution < -0.4 is 26.4 Å². The maximum Gasteiger partial charge on any atom is 0.247 e. The van der Waals surface area contributed by atoms with Crippen LogP contribution in [0.1, 0.15) is 40.5 Å². The average molecular weight is 644 g/mol. The van der Waals surface area contributed by atoms with E-state index < -0.39 is 29.2 Å². The summed E-state index contributed by atoms with van der Waals surface area (Å²) in [6, 6.07) is 6.69. The van der Waals surface area contributed by atoms with E-state index in [2.05, 4.69) is 25.9 Å². The number of benzene rings is 2. The van der Waals surface area contributed by atoms with Gasteiger partial charge in [0.15, 0.2) is 5.82 Å². The predicted molar refractivity (Wildman–Crippen MR) is 174 cm³/mol. The second-order valence-electron chi connectivity index (χ2n) is 12.3. The smallest absolute Gasteiger partial charge is 0.247 e. The van der Waals surface area contributed by atoms with Crippen molar-refractivity contribution < 1.29 is 23.5 Å². The van der Waals surface area contributed by atoms with E-state index in [9.17, 15) is 14.0 Å². The number of carbonyl (C=O) groups excluding carboxylic acids is 2. The second kappa shape index (κ2) is 14.7. The maximum atomic E-state index is 14.7. The molecule has 244 valence electrons. The highest BCUT2D eigenvalue weighted by Crippen LogP contribution is 2.36. The molecular weight excluding hydrogens is 601 g/mol. The van der Waals surface area contributed by atoms with Crippen molar-refractivity contribution in [2.45, 2.75) is 58.7 Å². The fourth-order valence-corrected chi connectivity index (χ4v) is 5.83. The number of anilines is 3. The van der Waals surface area contributed by atoms with Crippen molar-refractivity contribution in [3.63, 3.8) is 0 Å². The number of hydrogen-bond acceptors (Lipinski definition) is 9. The molecule has 1 aliphatic heterocycles. The zero-order chi connectivity index (χ0) is 32.9. The Morgan fingerprint density at radius 2 is 1.96 bits per heavy atom. The van der Waals surface area contributed by atoms with Crippen LogP contribution >= 0.6 is 11.6 Å². The van der Waals surface area contributed by atoms with E-state index in [0.29, 0.717) is 54.2 Å². The van der Waals surface area contributed by atoms with Gasteiger partial charge in [-0.1, -0.05) is 38.4 Å². The summed E-state index contributed by atoms with van der Waals surface area (Å²) in [7, 11) is 3.38. The Kier molecular flexibility index (Phi) is 11.2. The molecule has 45 heavy (non-hydrogen) atoms. The molecule has 2 aromatic carbocycles. The normalized spacial score (nSPS) is 17.2. The SMILES string of the molecule is CN[C@@H](C)C(N)[C@@H](C(=O)N1CCC[C@H]1C(=O)Nc1cc2c(Nc3cccc(Cl)c3F)ncnc2cc1OCCOC)C(C)(C)C. The lowest BCUT2D eigenvalue weighted by molar-refractivity contribution is -0.144. The number of likely N-dealkylation sites (tertiary alicyclic amines) is 1. The van der Waals surface area contributed by atoms with Gasteiger partial charge in [-0.25, -0.2) is 14.4 Å². The molecule has 2 amide bonds. The standard InChI is InChI=1S/C32H43ClFN7O4/c1-18(36-5)28(35)26(32(2,3)4)31(43)41-12-8-11-24(41)30(42)40-23-15-19-22(16-25(23)45-14-13-44-6)37-17-38-29(19)39-21-10-7-9-20(33)27(21)34/h7,9-10,15-18,24,26,28,36H,8,11-14,35H2,1-6H3,(H,40,42)(H,37,38,39)/t18-,24-,26-,28?/m0/s1. The van der Waals surface area contributed by atoms with Crippen molar-refractivity contribution in [2.75, 3.05) is 44.5 Å². The lowest BCUT2D eigenvalue weighted by atomic mass is 9.73. The highest BCUT2D eigenvalue weighted by atomic mass is 35.5. The molecule has 0 aliphatic carbocycles. The predicted octanol–water partition coefficient (Wildman–Crippen LogP) is 4.72. The van der Waals surface area contributed by atoms with Gasteiger partial charge < -0.3 is 36.1 Å². The van der Waals surface area contributed by atoms with Crippen LogP contribution in [0.25, 0.3) is 10.9 Å². The van der Waals surface area contributed by atoms with Crippen molar-refractivity contribution in [1.29, 1.82) is 0 Å². The number of rotatable bonds is 12. The van der Waals surface area contributed by atoms with E-state index in [1.807, 2.05) is 34.7 Å². The fourth-order valence-electron chi connectivity index (χ4n) is 5.65. The third-order valence-electron chi connectivity index (χ3n) is 8.20. The number of amides is 2. The van der Waals surface area contributed by atoms with Crippen molar-refractivity contribution in [3.8, 4) is 5.75 Å². The molecule has 13 heteroatoms. The molecule has 1 aromatic heterocycles. The van der Waals surface area contributed by atoms with Crippen LogP contribution in [0.2, 0.25) is 5.02 Å². The molecule has 1 saturated heterocycles. The number of hydrogen-bond donors (Lipinski definition) is 4. The molecule has 5 N–H and O–H groups in total. The topological polar surface area (TPSA) is 144 Å². The van der Waals surface area contributed by atoms with Gasteiger partial charge in [-0.2, -0.15) is 0 Å². The second-order valence-corrected chi connectivity index (χ2v) is 12.7. The van der Waals surface area contributed by atoms with Crippen molar-refractivity contribution in [1.82, 2.24) is 20.2 Å². The number of likely N-dealkylation sites (N-methyl/N-ethyl adjacent to an activating group) is 1. The molecule has 2 heterocycles. The van der Waals surface area contributed by atoms with Gasteiger partial charge in [-0.3, -0.25) is 9.59 Å². The summed E-state index contributed by atoms with van der Waals surface area (Å²) in [5.41, 5.74) is 7.15. The monoisotopic (exact) mass is 643 g/mol. The molecule has 0 bridgehead atoms. The first-order chi connectivity index (χ1) is 21.4. The molecular formula is C32H43ClFN7O4. The number of nitrogens with two attached hydrogens (primary N) is 1. The minimum atomic E-state index is -0.702. The first-order valence-corrected chi connectivity index (χ1v) is 15.4. The number of ether oxygens (including phenoxy) is 2. The highest BCUT2D eigenvalue weighted by Gasteiger charge is 2.44. The summed E-state index contributed by atoms with van der Waals surface area (Å²) >= 11 is 5.98. The number of methoxy groups -OCH3 is 1. The van der Waals surface area contributed by atoms with Gasteiger partial charge in [0.25, 0.3) is 0 Å². The lowest BCUT2D eigenvalue weighted by Crippen LogP contribution is -2.57.